The monoisotopic (exact) mass is 281 g/mol. The Kier molecular flexibility index (Phi) is 3.98. The molecule has 0 saturated heterocycles. The lowest BCUT2D eigenvalue weighted by molar-refractivity contribution is 0.464. The van der Waals surface area contributed by atoms with E-state index in [1.54, 1.807) is 0 Å². The molecule has 2 aromatic rings. The van der Waals surface area contributed by atoms with Crippen molar-refractivity contribution in [3.63, 3.8) is 0 Å². The van der Waals surface area contributed by atoms with Gasteiger partial charge in [-0.05, 0) is 54.9 Å². The molecule has 2 aromatic carbocycles. The third-order valence-electron chi connectivity index (χ3n) is 4.33. The van der Waals surface area contributed by atoms with Crippen LogP contribution < -0.4 is 5.32 Å². The number of hydrogen-bond donors (Lipinski definition) is 2. The summed E-state index contributed by atoms with van der Waals surface area (Å²) in [5.74, 6) is 1.19. The van der Waals surface area contributed by atoms with E-state index in [2.05, 4.69) is 47.8 Å². The maximum Gasteiger partial charge on any atom is 0.121 e. The highest BCUT2D eigenvalue weighted by molar-refractivity contribution is 5.42. The first kappa shape index (κ1) is 14.2. The minimum absolute atomic E-state index is 0.417. The van der Waals surface area contributed by atoms with E-state index in [4.69, 9.17) is 0 Å². The van der Waals surface area contributed by atoms with Gasteiger partial charge in [-0.1, -0.05) is 42.5 Å². The molecule has 1 unspecified atom stereocenters. The van der Waals surface area contributed by atoms with E-state index in [-0.39, 0.29) is 0 Å². The lowest BCUT2D eigenvalue weighted by Gasteiger charge is -2.19. The van der Waals surface area contributed by atoms with E-state index in [0.29, 0.717) is 11.8 Å². The minimum atomic E-state index is 0.417. The Balaban J connectivity index is 1.73. The topological polar surface area (TPSA) is 32.3 Å². The highest BCUT2D eigenvalue weighted by atomic mass is 16.3. The van der Waals surface area contributed by atoms with Gasteiger partial charge in [0.2, 0.25) is 0 Å². The second kappa shape index (κ2) is 5.90. The molecule has 0 aromatic heterocycles. The van der Waals surface area contributed by atoms with Crippen molar-refractivity contribution in [2.75, 3.05) is 0 Å². The van der Waals surface area contributed by atoms with Crippen LogP contribution in [0.3, 0.4) is 0 Å². The molecule has 0 spiro atoms. The average Bonchev–Trinajstić information content (AvgIpc) is 3.31. The molecule has 0 heterocycles. The van der Waals surface area contributed by atoms with Crippen LogP contribution in [0.2, 0.25) is 0 Å². The predicted octanol–water partition coefficient (Wildman–Crippen LogP) is 4.25. The highest BCUT2D eigenvalue weighted by Gasteiger charge is 2.31. The Morgan fingerprint density at radius 3 is 2.29 bits per heavy atom. The number of benzene rings is 2. The highest BCUT2D eigenvalue weighted by Crippen LogP contribution is 2.41. The molecule has 2 nitrogen and oxygen atoms in total. The summed E-state index contributed by atoms with van der Waals surface area (Å²) in [7, 11) is 0. The summed E-state index contributed by atoms with van der Waals surface area (Å²) < 4.78 is 0. The molecule has 2 N–H and O–H groups in total. The third kappa shape index (κ3) is 3.27. The lowest BCUT2D eigenvalue weighted by atomic mass is 10.0. The largest absolute Gasteiger partial charge is 0.507 e. The van der Waals surface area contributed by atoms with E-state index < -0.39 is 0 Å². The first-order valence-electron chi connectivity index (χ1n) is 7.72. The Labute approximate surface area is 126 Å². The van der Waals surface area contributed by atoms with Crippen molar-refractivity contribution >= 4 is 0 Å². The van der Waals surface area contributed by atoms with Crippen LogP contribution in [0.5, 0.6) is 5.75 Å². The van der Waals surface area contributed by atoms with Crippen molar-refractivity contribution in [3.8, 4) is 5.75 Å². The molecule has 2 heteroatoms. The molecule has 3 rings (SSSR count). The number of hydrogen-bond acceptors (Lipinski definition) is 2. The summed E-state index contributed by atoms with van der Waals surface area (Å²) in [4.78, 5) is 0. The van der Waals surface area contributed by atoms with Gasteiger partial charge in [0.25, 0.3) is 0 Å². The van der Waals surface area contributed by atoms with Gasteiger partial charge in [0.05, 0.1) is 0 Å². The molecule has 21 heavy (non-hydrogen) atoms. The number of nitrogens with one attached hydrogen (secondary N) is 1. The number of aromatic hydroxyl groups is 1. The maximum absolute atomic E-state index is 9.86. The first-order valence-corrected chi connectivity index (χ1v) is 7.72. The van der Waals surface area contributed by atoms with Crippen molar-refractivity contribution in [2.24, 2.45) is 5.92 Å². The summed E-state index contributed by atoms with van der Waals surface area (Å²) in [5.41, 5.74) is 4.53. The van der Waals surface area contributed by atoms with E-state index in [9.17, 15) is 5.11 Å². The summed E-state index contributed by atoms with van der Waals surface area (Å²) in [6.07, 6.45) is 2.64. The lowest BCUT2D eigenvalue weighted by Crippen LogP contribution is -2.22. The summed E-state index contributed by atoms with van der Waals surface area (Å²) in [6.45, 7) is 4.76. The fourth-order valence-electron chi connectivity index (χ4n) is 3.02. The number of phenols is 1. The van der Waals surface area contributed by atoms with Gasteiger partial charge in [0, 0.05) is 12.6 Å². The molecular formula is C19H23NO. The van der Waals surface area contributed by atoms with Gasteiger partial charge in [-0.15, -0.1) is 0 Å². The van der Waals surface area contributed by atoms with Gasteiger partial charge in [0.1, 0.15) is 5.75 Å². The molecule has 0 radical (unpaired) electrons. The van der Waals surface area contributed by atoms with Crippen LogP contribution in [0.25, 0.3) is 0 Å². The molecule has 1 aliphatic rings. The van der Waals surface area contributed by atoms with Crippen molar-refractivity contribution in [1.82, 2.24) is 5.32 Å². The fourth-order valence-corrected chi connectivity index (χ4v) is 3.02. The predicted molar refractivity (Wildman–Crippen MR) is 86.3 cm³/mol. The molecule has 0 aliphatic heterocycles. The van der Waals surface area contributed by atoms with Gasteiger partial charge >= 0.3 is 0 Å². The molecule has 110 valence electrons. The van der Waals surface area contributed by atoms with Crippen LogP contribution in [0, 0.1) is 19.8 Å². The standard InChI is InChI=1S/C19H23NO/c1-13-10-15(11-14(2)19(13)21)12-20-18(17-8-9-17)16-6-4-3-5-7-16/h3-7,10-11,17-18,20-21H,8-9,12H2,1-2H3. The molecule has 1 saturated carbocycles. The van der Waals surface area contributed by atoms with Crippen LogP contribution in [-0.2, 0) is 6.54 Å². The van der Waals surface area contributed by atoms with Crippen molar-refractivity contribution in [3.05, 3.63) is 64.7 Å². The van der Waals surface area contributed by atoms with Crippen molar-refractivity contribution in [1.29, 1.82) is 0 Å². The zero-order chi connectivity index (χ0) is 14.8. The second-order valence-corrected chi connectivity index (χ2v) is 6.18. The smallest absolute Gasteiger partial charge is 0.121 e. The van der Waals surface area contributed by atoms with Crippen molar-refractivity contribution < 1.29 is 5.11 Å². The second-order valence-electron chi connectivity index (χ2n) is 6.18. The fraction of sp³-hybridized carbons (Fsp3) is 0.368. The van der Waals surface area contributed by atoms with Crippen LogP contribution in [0.15, 0.2) is 42.5 Å². The third-order valence-corrected chi connectivity index (χ3v) is 4.33. The van der Waals surface area contributed by atoms with Gasteiger partial charge in [-0.25, -0.2) is 0 Å². The van der Waals surface area contributed by atoms with Crippen LogP contribution in [0.4, 0.5) is 0 Å². The zero-order valence-corrected chi connectivity index (χ0v) is 12.8. The summed E-state index contributed by atoms with van der Waals surface area (Å²) in [6, 6.07) is 15.3. The van der Waals surface area contributed by atoms with Gasteiger partial charge < -0.3 is 10.4 Å². The number of aryl methyl sites for hydroxylation is 2. The molecular weight excluding hydrogens is 258 g/mol. The molecule has 1 atom stereocenters. The quantitative estimate of drug-likeness (QED) is 0.858. The number of rotatable bonds is 5. The first-order chi connectivity index (χ1) is 10.1. The van der Waals surface area contributed by atoms with Crippen molar-refractivity contribution in [2.45, 2.75) is 39.3 Å². The van der Waals surface area contributed by atoms with E-state index >= 15 is 0 Å². The maximum atomic E-state index is 9.86. The Morgan fingerprint density at radius 1 is 1.10 bits per heavy atom. The summed E-state index contributed by atoms with van der Waals surface area (Å²) in [5, 5.41) is 13.6. The Bertz CT molecular complexity index is 594. The number of phenolic OH excluding ortho intramolecular Hbond substituents is 1. The normalized spacial score (nSPS) is 15.9. The molecule has 1 fully saturated rings. The average molecular weight is 281 g/mol. The zero-order valence-electron chi connectivity index (χ0n) is 12.8. The van der Waals surface area contributed by atoms with E-state index in [1.165, 1.54) is 24.0 Å². The Morgan fingerprint density at radius 2 is 1.71 bits per heavy atom. The minimum Gasteiger partial charge on any atom is -0.507 e. The van der Waals surface area contributed by atoms with Gasteiger partial charge in [0.15, 0.2) is 0 Å². The van der Waals surface area contributed by atoms with Crippen LogP contribution in [0.1, 0.15) is 41.1 Å². The van der Waals surface area contributed by atoms with Crippen LogP contribution >= 0.6 is 0 Å². The van der Waals surface area contributed by atoms with Gasteiger partial charge in [-0.3, -0.25) is 0 Å². The molecule has 1 aliphatic carbocycles. The Hall–Kier alpha value is -1.80. The van der Waals surface area contributed by atoms with Crippen LogP contribution in [-0.4, -0.2) is 5.11 Å². The molecule has 0 bridgehead atoms. The van der Waals surface area contributed by atoms with E-state index in [1.807, 2.05) is 13.8 Å². The SMILES string of the molecule is Cc1cc(CNC(c2ccccc2)C2CC2)cc(C)c1O. The summed E-state index contributed by atoms with van der Waals surface area (Å²) >= 11 is 0. The van der Waals surface area contributed by atoms with Gasteiger partial charge in [-0.2, -0.15) is 0 Å². The van der Waals surface area contributed by atoms with E-state index in [0.717, 1.165) is 23.6 Å². The molecule has 0 amide bonds.